The van der Waals surface area contributed by atoms with Crippen LogP contribution < -0.4 is 5.32 Å². The molecule has 2 aromatic rings. The van der Waals surface area contributed by atoms with Crippen LogP contribution in [-0.2, 0) is 13.5 Å². The minimum absolute atomic E-state index is 0.313. The molecule has 0 saturated heterocycles. The normalized spacial score (nSPS) is 12.6. The van der Waals surface area contributed by atoms with E-state index in [0.717, 1.165) is 23.4 Å². The van der Waals surface area contributed by atoms with Gasteiger partial charge in [-0.2, -0.15) is 5.10 Å². The van der Waals surface area contributed by atoms with E-state index in [1.54, 1.807) is 0 Å². The van der Waals surface area contributed by atoms with E-state index in [9.17, 15) is 0 Å². The molecule has 0 saturated carbocycles. The zero-order valence-corrected chi connectivity index (χ0v) is 12.4. The Morgan fingerprint density at radius 3 is 2.74 bits per heavy atom. The van der Waals surface area contributed by atoms with Gasteiger partial charge in [-0.25, -0.2) is 0 Å². The smallest absolute Gasteiger partial charge is 0.0492 e. The molecule has 102 valence electrons. The van der Waals surface area contributed by atoms with Gasteiger partial charge in [0.25, 0.3) is 0 Å². The van der Waals surface area contributed by atoms with Crippen molar-refractivity contribution in [2.24, 2.45) is 7.05 Å². The summed E-state index contributed by atoms with van der Waals surface area (Å²) in [5, 5.41) is 8.38. The standard InChI is InChI=1S/C15H20ClN3/c1-11-4-5-12(10-14(11)16)15(17-2)7-6-13-8-9-18-19(13)3/h4-5,8-10,15,17H,6-7H2,1-3H3. The second-order valence-electron chi connectivity index (χ2n) is 4.83. The van der Waals surface area contributed by atoms with E-state index in [1.807, 2.05) is 31.9 Å². The molecule has 1 unspecified atom stereocenters. The monoisotopic (exact) mass is 277 g/mol. The summed E-state index contributed by atoms with van der Waals surface area (Å²) in [7, 11) is 3.97. The van der Waals surface area contributed by atoms with Gasteiger partial charge in [0.1, 0.15) is 0 Å². The predicted octanol–water partition coefficient (Wildman–Crippen LogP) is 3.28. The maximum atomic E-state index is 6.20. The number of nitrogens with one attached hydrogen (secondary N) is 1. The summed E-state index contributed by atoms with van der Waals surface area (Å²) in [6, 6.07) is 8.65. The summed E-state index contributed by atoms with van der Waals surface area (Å²) >= 11 is 6.20. The Labute approximate surface area is 119 Å². The molecule has 1 heterocycles. The van der Waals surface area contributed by atoms with Crippen LogP contribution in [0.25, 0.3) is 0 Å². The molecule has 2 rings (SSSR count). The Morgan fingerprint density at radius 2 is 2.16 bits per heavy atom. The topological polar surface area (TPSA) is 29.9 Å². The van der Waals surface area contributed by atoms with Crippen LogP contribution >= 0.6 is 11.6 Å². The fourth-order valence-corrected chi connectivity index (χ4v) is 2.43. The SMILES string of the molecule is CNC(CCc1ccnn1C)c1ccc(C)c(Cl)c1. The molecule has 1 aromatic carbocycles. The molecule has 1 atom stereocenters. The number of halogens is 1. The molecule has 4 heteroatoms. The zero-order valence-electron chi connectivity index (χ0n) is 11.7. The van der Waals surface area contributed by atoms with Gasteiger partial charge in [-0.1, -0.05) is 23.7 Å². The Morgan fingerprint density at radius 1 is 1.37 bits per heavy atom. The summed E-state index contributed by atoms with van der Waals surface area (Å²) in [6.07, 6.45) is 3.86. The molecular weight excluding hydrogens is 258 g/mol. The van der Waals surface area contributed by atoms with Gasteiger partial charge in [-0.15, -0.1) is 0 Å². The maximum absolute atomic E-state index is 6.20. The summed E-state index contributed by atoms with van der Waals surface area (Å²) in [4.78, 5) is 0. The average molecular weight is 278 g/mol. The number of hydrogen-bond donors (Lipinski definition) is 1. The molecule has 0 aliphatic heterocycles. The van der Waals surface area contributed by atoms with Crippen molar-refractivity contribution in [1.82, 2.24) is 15.1 Å². The van der Waals surface area contributed by atoms with Crippen molar-refractivity contribution in [3.8, 4) is 0 Å². The van der Waals surface area contributed by atoms with Crippen LogP contribution in [0.15, 0.2) is 30.5 Å². The van der Waals surface area contributed by atoms with Crippen LogP contribution in [0.2, 0.25) is 5.02 Å². The first kappa shape index (κ1) is 14.1. The van der Waals surface area contributed by atoms with Crippen LogP contribution in [0.5, 0.6) is 0 Å². The minimum atomic E-state index is 0.313. The van der Waals surface area contributed by atoms with Gasteiger partial charge in [0.2, 0.25) is 0 Å². The Balaban J connectivity index is 2.07. The van der Waals surface area contributed by atoms with Crippen LogP contribution in [0, 0.1) is 6.92 Å². The molecule has 0 bridgehead atoms. The zero-order chi connectivity index (χ0) is 13.8. The number of aromatic nitrogens is 2. The highest BCUT2D eigenvalue weighted by Gasteiger charge is 2.11. The number of benzene rings is 1. The van der Waals surface area contributed by atoms with Crippen molar-refractivity contribution < 1.29 is 0 Å². The molecule has 0 fully saturated rings. The van der Waals surface area contributed by atoms with Gasteiger partial charge in [-0.3, -0.25) is 4.68 Å². The first-order chi connectivity index (χ1) is 9.11. The molecule has 19 heavy (non-hydrogen) atoms. The molecule has 0 amide bonds. The fourth-order valence-electron chi connectivity index (χ4n) is 2.24. The highest BCUT2D eigenvalue weighted by Crippen LogP contribution is 2.24. The minimum Gasteiger partial charge on any atom is -0.313 e. The van der Waals surface area contributed by atoms with Crippen LogP contribution in [-0.4, -0.2) is 16.8 Å². The number of hydrogen-bond acceptors (Lipinski definition) is 2. The van der Waals surface area contributed by atoms with Crippen molar-refractivity contribution in [1.29, 1.82) is 0 Å². The molecule has 0 radical (unpaired) electrons. The van der Waals surface area contributed by atoms with Gasteiger partial charge in [0, 0.05) is 30.0 Å². The summed E-state index contributed by atoms with van der Waals surface area (Å²) in [6.45, 7) is 2.02. The molecule has 0 spiro atoms. The van der Waals surface area contributed by atoms with Gasteiger partial charge < -0.3 is 5.32 Å². The number of nitrogens with zero attached hydrogens (tertiary/aromatic N) is 2. The summed E-state index contributed by atoms with van der Waals surface area (Å²) in [5.74, 6) is 0. The molecule has 0 aliphatic carbocycles. The van der Waals surface area contributed by atoms with Gasteiger partial charge in [0.15, 0.2) is 0 Å². The molecule has 1 N–H and O–H groups in total. The first-order valence-corrected chi connectivity index (χ1v) is 6.90. The van der Waals surface area contributed by atoms with Gasteiger partial charge >= 0.3 is 0 Å². The van der Waals surface area contributed by atoms with E-state index < -0.39 is 0 Å². The van der Waals surface area contributed by atoms with E-state index >= 15 is 0 Å². The Bertz CT molecular complexity index is 548. The quantitative estimate of drug-likeness (QED) is 0.909. The van der Waals surface area contributed by atoms with E-state index in [1.165, 1.54) is 11.3 Å². The van der Waals surface area contributed by atoms with Crippen molar-refractivity contribution in [2.45, 2.75) is 25.8 Å². The third kappa shape index (κ3) is 3.37. The van der Waals surface area contributed by atoms with Crippen molar-refractivity contribution in [3.63, 3.8) is 0 Å². The van der Waals surface area contributed by atoms with Gasteiger partial charge in [-0.05, 0) is 50.1 Å². The lowest BCUT2D eigenvalue weighted by Crippen LogP contribution is -2.17. The van der Waals surface area contributed by atoms with E-state index in [2.05, 4.69) is 34.7 Å². The van der Waals surface area contributed by atoms with Crippen molar-refractivity contribution >= 4 is 11.6 Å². The van der Waals surface area contributed by atoms with E-state index in [4.69, 9.17) is 11.6 Å². The fraction of sp³-hybridized carbons (Fsp3) is 0.400. The highest BCUT2D eigenvalue weighted by atomic mass is 35.5. The number of aryl methyl sites for hydroxylation is 3. The second-order valence-corrected chi connectivity index (χ2v) is 5.24. The Hall–Kier alpha value is -1.32. The lowest BCUT2D eigenvalue weighted by Gasteiger charge is -2.17. The average Bonchev–Trinajstić information content (AvgIpc) is 2.80. The van der Waals surface area contributed by atoms with Gasteiger partial charge in [0.05, 0.1) is 0 Å². The van der Waals surface area contributed by atoms with Crippen LogP contribution in [0.3, 0.4) is 0 Å². The largest absolute Gasteiger partial charge is 0.313 e. The Kier molecular flexibility index (Phi) is 4.61. The van der Waals surface area contributed by atoms with Crippen molar-refractivity contribution in [3.05, 3.63) is 52.3 Å². The molecule has 1 aromatic heterocycles. The summed E-state index contributed by atoms with van der Waals surface area (Å²) in [5.41, 5.74) is 3.60. The molecular formula is C15H20ClN3. The highest BCUT2D eigenvalue weighted by molar-refractivity contribution is 6.31. The lowest BCUT2D eigenvalue weighted by molar-refractivity contribution is 0.535. The van der Waals surface area contributed by atoms with Crippen LogP contribution in [0.1, 0.15) is 29.3 Å². The van der Waals surface area contributed by atoms with E-state index in [-0.39, 0.29) is 0 Å². The van der Waals surface area contributed by atoms with E-state index in [0.29, 0.717) is 6.04 Å². The third-order valence-electron chi connectivity index (χ3n) is 3.56. The summed E-state index contributed by atoms with van der Waals surface area (Å²) < 4.78 is 1.93. The number of rotatable bonds is 5. The molecule has 3 nitrogen and oxygen atoms in total. The van der Waals surface area contributed by atoms with Crippen LogP contribution in [0.4, 0.5) is 0 Å². The second kappa shape index (κ2) is 6.22. The van der Waals surface area contributed by atoms with Crippen molar-refractivity contribution in [2.75, 3.05) is 7.05 Å². The maximum Gasteiger partial charge on any atom is 0.0492 e. The first-order valence-electron chi connectivity index (χ1n) is 6.52. The third-order valence-corrected chi connectivity index (χ3v) is 3.97. The molecule has 0 aliphatic rings. The lowest BCUT2D eigenvalue weighted by atomic mass is 10.00. The predicted molar refractivity (Wildman–Crippen MR) is 79.5 cm³/mol.